The summed E-state index contributed by atoms with van der Waals surface area (Å²) in [6.07, 6.45) is 4.69. The van der Waals surface area contributed by atoms with Crippen molar-refractivity contribution in [2.24, 2.45) is 0 Å². The maximum atomic E-state index is 14.8. The summed E-state index contributed by atoms with van der Waals surface area (Å²) in [5.74, 6) is -1.47. The Labute approximate surface area is 195 Å². The molecule has 4 aromatic rings. The Kier molecular flexibility index (Phi) is 5.69. The highest BCUT2D eigenvalue weighted by Crippen LogP contribution is 2.38. The molecule has 1 saturated heterocycles. The van der Waals surface area contributed by atoms with Crippen molar-refractivity contribution in [3.05, 3.63) is 92.9 Å². The van der Waals surface area contributed by atoms with Gasteiger partial charge in [0.05, 0.1) is 11.8 Å². The third-order valence-electron chi connectivity index (χ3n) is 6.49. The van der Waals surface area contributed by atoms with Gasteiger partial charge in [0, 0.05) is 53.5 Å². The number of aryl methyl sites for hydroxylation is 2. The molecule has 4 heterocycles. The first-order valence-electron chi connectivity index (χ1n) is 11.2. The number of hydrogen-bond acceptors (Lipinski definition) is 5. The Bertz CT molecular complexity index is 1450. The van der Waals surface area contributed by atoms with Crippen molar-refractivity contribution in [1.82, 2.24) is 19.4 Å². The number of halogens is 2. The number of hydrogen-bond donors (Lipinski definition) is 0. The molecule has 0 N–H and O–H groups in total. The van der Waals surface area contributed by atoms with E-state index in [-0.39, 0.29) is 34.5 Å². The lowest BCUT2D eigenvalue weighted by Crippen LogP contribution is -2.24. The van der Waals surface area contributed by atoms with Crippen molar-refractivity contribution in [1.29, 1.82) is 0 Å². The Morgan fingerprint density at radius 2 is 1.91 bits per heavy atom. The van der Waals surface area contributed by atoms with E-state index in [1.54, 1.807) is 20.0 Å². The van der Waals surface area contributed by atoms with Gasteiger partial charge in [0.15, 0.2) is 5.65 Å². The van der Waals surface area contributed by atoms with Gasteiger partial charge in [-0.1, -0.05) is 6.07 Å². The lowest BCUT2D eigenvalue weighted by Gasteiger charge is -2.30. The maximum absolute atomic E-state index is 14.8. The SMILES string of the molecule is Cc1ccc([C@H]2C[C@@H](c3cn4c(=O)c(C)c(C)nc4c(-c4ccc(F)cc4F)n3)CCO2)cn1. The second-order valence-corrected chi connectivity index (χ2v) is 8.77. The van der Waals surface area contributed by atoms with Crippen LogP contribution in [-0.4, -0.2) is 26.0 Å². The Morgan fingerprint density at radius 3 is 2.65 bits per heavy atom. The van der Waals surface area contributed by atoms with Crippen molar-refractivity contribution in [3.8, 4) is 11.3 Å². The van der Waals surface area contributed by atoms with Crippen LogP contribution in [0.5, 0.6) is 0 Å². The topological polar surface area (TPSA) is 69.4 Å². The number of nitrogens with zero attached hydrogens (tertiary/aromatic N) is 4. The van der Waals surface area contributed by atoms with E-state index in [1.807, 2.05) is 25.3 Å². The van der Waals surface area contributed by atoms with Gasteiger partial charge in [-0.25, -0.2) is 18.7 Å². The second kappa shape index (κ2) is 8.68. The van der Waals surface area contributed by atoms with Crippen LogP contribution < -0.4 is 5.56 Å². The first-order valence-corrected chi connectivity index (χ1v) is 11.2. The largest absolute Gasteiger partial charge is 0.373 e. The standard InChI is InChI=1S/C26H24F2N4O2/c1-14-4-5-18(12-29-14)23-10-17(8-9-34-23)22-13-32-25(30-16(3)15(2)26(32)33)24(31-22)20-7-6-19(27)11-21(20)28/h4-7,11-13,17,23H,8-10H2,1-3H3/t17-,23+/m0/s1. The fourth-order valence-electron chi connectivity index (χ4n) is 4.38. The number of rotatable bonds is 3. The molecule has 1 aliphatic rings. The van der Waals surface area contributed by atoms with Gasteiger partial charge >= 0.3 is 0 Å². The molecule has 5 rings (SSSR count). The van der Waals surface area contributed by atoms with E-state index in [0.717, 1.165) is 17.3 Å². The minimum Gasteiger partial charge on any atom is -0.373 e. The van der Waals surface area contributed by atoms with Gasteiger partial charge in [0.2, 0.25) is 0 Å². The fourth-order valence-corrected chi connectivity index (χ4v) is 4.38. The van der Waals surface area contributed by atoms with E-state index in [2.05, 4.69) is 9.97 Å². The molecule has 1 fully saturated rings. The van der Waals surface area contributed by atoms with Gasteiger partial charge in [0.1, 0.15) is 17.3 Å². The molecule has 8 heteroatoms. The zero-order valence-corrected chi connectivity index (χ0v) is 19.2. The number of fused-ring (bicyclic) bond motifs is 1. The summed E-state index contributed by atoms with van der Waals surface area (Å²) < 4.78 is 35.8. The molecule has 1 aromatic carbocycles. The molecule has 0 amide bonds. The van der Waals surface area contributed by atoms with Crippen LogP contribution in [-0.2, 0) is 4.74 Å². The molecule has 6 nitrogen and oxygen atoms in total. The van der Waals surface area contributed by atoms with Gasteiger partial charge in [-0.15, -0.1) is 0 Å². The number of ether oxygens (including phenoxy) is 1. The van der Waals surface area contributed by atoms with Crippen molar-refractivity contribution in [2.45, 2.75) is 45.6 Å². The number of benzene rings is 1. The molecule has 3 aromatic heterocycles. The second-order valence-electron chi connectivity index (χ2n) is 8.77. The lowest BCUT2D eigenvalue weighted by molar-refractivity contribution is 0.00439. The number of aromatic nitrogens is 4. The molecule has 0 spiro atoms. The van der Waals surface area contributed by atoms with Crippen molar-refractivity contribution in [3.63, 3.8) is 0 Å². The lowest BCUT2D eigenvalue weighted by atomic mass is 9.90. The molecular weight excluding hydrogens is 438 g/mol. The van der Waals surface area contributed by atoms with Crippen molar-refractivity contribution in [2.75, 3.05) is 6.61 Å². The van der Waals surface area contributed by atoms with Gasteiger partial charge in [-0.3, -0.25) is 14.2 Å². The third-order valence-corrected chi connectivity index (χ3v) is 6.49. The maximum Gasteiger partial charge on any atom is 0.261 e. The van der Waals surface area contributed by atoms with Crippen LogP contribution >= 0.6 is 0 Å². The first kappa shape index (κ1) is 22.3. The highest BCUT2D eigenvalue weighted by molar-refractivity contribution is 5.74. The highest BCUT2D eigenvalue weighted by atomic mass is 19.1. The van der Waals surface area contributed by atoms with Gasteiger partial charge < -0.3 is 4.74 Å². The van der Waals surface area contributed by atoms with Crippen molar-refractivity contribution < 1.29 is 13.5 Å². The minimum atomic E-state index is -0.755. The molecule has 0 radical (unpaired) electrons. The van der Waals surface area contributed by atoms with E-state index in [0.29, 0.717) is 36.4 Å². The highest BCUT2D eigenvalue weighted by Gasteiger charge is 2.28. The summed E-state index contributed by atoms with van der Waals surface area (Å²) in [5, 5.41) is 0. The molecule has 2 atom stereocenters. The van der Waals surface area contributed by atoms with E-state index in [4.69, 9.17) is 9.72 Å². The summed E-state index contributed by atoms with van der Waals surface area (Å²) in [7, 11) is 0. The van der Waals surface area contributed by atoms with Crippen LogP contribution in [0, 0.1) is 32.4 Å². The molecule has 0 bridgehead atoms. The van der Waals surface area contributed by atoms with Gasteiger partial charge in [0.25, 0.3) is 5.56 Å². The first-order chi connectivity index (χ1) is 16.3. The molecule has 0 saturated carbocycles. The molecule has 0 unspecified atom stereocenters. The monoisotopic (exact) mass is 462 g/mol. The van der Waals surface area contributed by atoms with Crippen LogP contribution in [0.25, 0.3) is 16.9 Å². The third kappa shape index (κ3) is 3.98. The van der Waals surface area contributed by atoms with Gasteiger partial charge in [-0.05, 0) is 57.4 Å². The van der Waals surface area contributed by atoms with E-state index >= 15 is 0 Å². The predicted octanol–water partition coefficient (Wildman–Crippen LogP) is 4.99. The molecule has 0 aliphatic carbocycles. The summed E-state index contributed by atoms with van der Waals surface area (Å²) >= 11 is 0. The zero-order chi connectivity index (χ0) is 24.0. The number of pyridine rings is 1. The average molecular weight is 463 g/mol. The Balaban J connectivity index is 1.65. The van der Waals surface area contributed by atoms with E-state index < -0.39 is 11.6 Å². The fraction of sp³-hybridized carbons (Fsp3) is 0.308. The van der Waals surface area contributed by atoms with Gasteiger partial charge in [-0.2, -0.15) is 0 Å². The average Bonchev–Trinajstić information content (AvgIpc) is 2.83. The smallest absolute Gasteiger partial charge is 0.261 e. The molecule has 1 aliphatic heterocycles. The van der Waals surface area contributed by atoms with Crippen LogP contribution in [0.1, 0.15) is 53.1 Å². The van der Waals surface area contributed by atoms with E-state index in [9.17, 15) is 13.6 Å². The minimum absolute atomic E-state index is 0.0276. The quantitative estimate of drug-likeness (QED) is 0.429. The molecule has 34 heavy (non-hydrogen) atoms. The Hall–Kier alpha value is -3.52. The predicted molar refractivity (Wildman–Crippen MR) is 124 cm³/mol. The summed E-state index contributed by atoms with van der Waals surface area (Å²) in [5.41, 5.74) is 3.93. The van der Waals surface area contributed by atoms with E-state index in [1.165, 1.54) is 16.5 Å². The molecule has 174 valence electrons. The zero-order valence-electron chi connectivity index (χ0n) is 19.2. The van der Waals surface area contributed by atoms with Crippen LogP contribution in [0.15, 0.2) is 47.5 Å². The summed E-state index contributed by atoms with van der Waals surface area (Å²) in [4.78, 5) is 26.8. The van der Waals surface area contributed by atoms with Crippen LogP contribution in [0.2, 0.25) is 0 Å². The van der Waals surface area contributed by atoms with Crippen molar-refractivity contribution >= 4 is 5.65 Å². The van der Waals surface area contributed by atoms with Crippen LogP contribution in [0.3, 0.4) is 0 Å². The summed E-state index contributed by atoms with van der Waals surface area (Å²) in [6.45, 7) is 5.89. The van der Waals surface area contributed by atoms with Crippen LogP contribution in [0.4, 0.5) is 8.78 Å². The normalized spacial score (nSPS) is 18.4. The Morgan fingerprint density at radius 1 is 1.09 bits per heavy atom. The molecular formula is C26H24F2N4O2. The summed E-state index contributed by atoms with van der Waals surface area (Å²) in [6, 6.07) is 7.28.